The number of hydrogen-bond acceptors (Lipinski definition) is 5. The van der Waals surface area contributed by atoms with Gasteiger partial charge in [-0.25, -0.2) is 4.98 Å². The predicted molar refractivity (Wildman–Crippen MR) is 77.7 cm³/mol. The van der Waals surface area contributed by atoms with E-state index >= 15 is 0 Å². The molecule has 2 aliphatic rings. The number of ether oxygens (including phenoxy) is 1. The van der Waals surface area contributed by atoms with E-state index in [2.05, 4.69) is 9.88 Å². The van der Waals surface area contributed by atoms with E-state index in [1.165, 1.54) is 25.9 Å². The number of thiazole rings is 1. The van der Waals surface area contributed by atoms with Crippen molar-refractivity contribution in [1.29, 1.82) is 0 Å². The second-order valence-electron chi connectivity index (χ2n) is 5.39. The van der Waals surface area contributed by atoms with E-state index in [1.807, 2.05) is 10.3 Å². The first-order chi connectivity index (χ1) is 9.81. The minimum absolute atomic E-state index is 0.173. The van der Waals surface area contributed by atoms with Gasteiger partial charge in [-0.1, -0.05) is 0 Å². The van der Waals surface area contributed by atoms with E-state index in [0.717, 1.165) is 17.2 Å². The van der Waals surface area contributed by atoms with Crippen LogP contribution in [0.5, 0.6) is 0 Å². The van der Waals surface area contributed by atoms with Gasteiger partial charge in [0.15, 0.2) is 0 Å². The van der Waals surface area contributed by atoms with Crippen molar-refractivity contribution >= 4 is 17.2 Å². The summed E-state index contributed by atoms with van der Waals surface area (Å²) in [5.74, 6) is 0.173. The molecule has 0 atom stereocenters. The second kappa shape index (κ2) is 6.65. The molecule has 2 aliphatic heterocycles. The van der Waals surface area contributed by atoms with Gasteiger partial charge in [0.1, 0.15) is 5.01 Å². The number of likely N-dealkylation sites (tertiary alicyclic amines) is 1. The maximum atomic E-state index is 12.1. The molecule has 1 amide bonds. The van der Waals surface area contributed by atoms with Crippen molar-refractivity contribution in [1.82, 2.24) is 14.8 Å². The third-order valence-electron chi connectivity index (χ3n) is 3.85. The van der Waals surface area contributed by atoms with Gasteiger partial charge in [0, 0.05) is 18.5 Å². The lowest BCUT2D eigenvalue weighted by Gasteiger charge is -2.26. The summed E-state index contributed by atoms with van der Waals surface area (Å²) in [4.78, 5) is 21.1. The number of amides is 1. The van der Waals surface area contributed by atoms with Gasteiger partial charge in [-0.2, -0.15) is 0 Å². The van der Waals surface area contributed by atoms with Gasteiger partial charge in [-0.3, -0.25) is 9.69 Å². The van der Waals surface area contributed by atoms with Crippen LogP contribution in [0.15, 0.2) is 5.38 Å². The van der Waals surface area contributed by atoms with Crippen molar-refractivity contribution in [3.8, 4) is 0 Å². The summed E-state index contributed by atoms with van der Waals surface area (Å²) in [6.45, 7) is 6.04. The Kier molecular flexibility index (Phi) is 4.65. The largest absolute Gasteiger partial charge is 0.378 e. The molecule has 0 aliphatic carbocycles. The molecular formula is C14H21N3O2S. The standard InChI is InChI=1S/C14H21N3O2S/c18-14(17-5-7-19-8-6-17)9-12-11-20-13(15-12)10-16-3-1-2-4-16/h11H,1-10H2. The first-order valence-electron chi connectivity index (χ1n) is 7.32. The van der Waals surface area contributed by atoms with Crippen LogP contribution < -0.4 is 0 Å². The normalized spacial score (nSPS) is 20.5. The van der Waals surface area contributed by atoms with Gasteiger partial charge >= 0.3 is 0 Å². The van der Waals surface area contributed by atoms with Crippen LogP contribution in [0.3, 0.4) is 0 Å². The molecule has 2 saturated heterocycles. The smallest absolute Gasteiger partial charge is 0.228 e. The van der Waals surface area contributed by atoms with E-state index in [9.17, 15) is 4.79 Å². The number of hydrogen-bond donors (Lipinski definition) is 0. The molecule has 0 bridgehead atoms. The Morgan fingerprint density at radius 2 is 2.00 bits per heavy atom. The van der Waals surface area contributed by atoms with E-state index in [-0.39, 0.29) is 5.91 Å². The van der Waals surface area contributed by atoms with Crippen LogP contribution in [-0.4, -0.2) is 60.1 Å². The molecule has 3 rings (SSSR count). The van der Waals surface area contributed by atoms with Crippen molar-refractivity contribution in [3.05, 3.63) is 16.1 Å². The zero-order valence-electron chi connectivity index (χ0n) is 11.7. The third kappa shape index (κ3) is 3.56. The van der Waals surface area contributed by atoms with Gasteiger partial charge in [-0.15, -0.1) is 11.3 Å². The number of aromatic nitrogens is 1. The Morgan fingerprint density at radius 1 is 1.25 bits per heavy atom. The molecule has 0 aromatic carbocycles. The Labute approximate surface area is 123 Å². The average molecular weight is 295 g/mol. The Hall–Kier alpha value is -0.980. The summed E-state index contributed by atoms with van der Waals surface area (Å²) in [6.07, 6.45) is 3.03. The zero-order chi connectivity index (χ0) is 13.8. The summed E-state index contributed by atoms with van der Waals surface area (Å²) < 4.78 is 5.27. The molecule has 1 aromatic rings. The highest BCUT2D eigenvalue weighted by molar-refractivity contribution is 7.09. The Morgan fingerprint density at radius 3 is 2.75 bits per heavy atom. The van der Waals surface area contributed by atoms with Crippen LogP contribution >= 0.6 is 11.3 Å². The summed E-state index contributed by atoms with van der Waals surface area (Å²) in [5, 5.41) is 3.17. The van der Waals surface area contributed by atoms with Crippen LogP contribution in [0, 0.1) is 0 Å². The molecular weight excluding hydrogens is 274 g/mol. The number of nitrogens with zero attached hydrogens (tertiary/aromatic N) is 3. The number of rotatable bonds is 4. The first kappa shape index (κ1) is 14.0. The molecule has 6 heteroatoms. The molecule has 3 heterocycles. The second-order valence-corrected chi connectivity index (χ2v) is 6.33. The fraction of sp³-hybridized carbons (Fsp3) is 0.714. The van der Waals surface area contributed by atoms with Crippen LogP contribution in [0.1, 0.15) is 23.5 Å². The highest BCUT2D eigenvalue weighted by Crippen LogP contribution is 2.17. The van der Waals surface area contributed by atoms with Crippen LogP contribution in [-0.2, 0) is 22.5 Å². The monoisotopic (exact) mass is 295 g/mol. The van der Waals surface area contributed by atoms with Crippen LogP contribution in [0.2, 0.25) is 0 Å². The lowest BCUT2D eigenvalue weighted by Crippen LogP contribution is -2.41. The topological polar surface area (TPSA) is 45.7 Å². The highest BCUT2D eigenvalue weighted by Gasteiger charge is 2.19. The summed E-state index contributed by atoms with van der Waals surface area (Å²) in [5.41, 5.74) is 0.917. The summed E-state index contributed by atoms with van der Waals surface area (Å²) >= 11 is 1.68. The van der Waals surface area contributed by atoms with Crippen molar-refractivity contribution in [2.75, 3.05) is 39.4 Å². The number of carbonyl (C=O) groups is 1. The fourth-order valence-corrected chi connectivity index (χ4v) is 3.55. The average Bonchev–Trinajstić information content (AvgIpc) is 3.12. The van der Waals surface area contributed by atoms with Crippen molar-refractivity contribution < 1.29 is 9.53 Å². The molecule has 0 spiro atoms. The summed E-state index contributed by atoms with van der Waals surface area (Å²) in [7, 11) is 0. The van der Waals surface area contributed by atoms with Crippen molar-refractivity contribution in [2.45, 2.75) is 25.8 Å². The first-order valence-corrected chi connectivity index (χ1v) is 8.20. The van der Waals surface area contributed by atoms with Crippen LogP contribution in [0.25, 0.3) is 0 Å². The highest BCUT2D eigenvalue weighted by atomic mass is 32.1. The maximum Gasteiger partial charge on any atom is 0.228 e. The van der Waals surface area contributed by atoms with E-state index < -0.39 is 0 Å². The lowest BCUT2D eigenvalue weighted by molar-refractivity contribution is -0.134. The predicted octanol–water partition coefficient (Wildman–Crippen LogP) is 1.14. The SMILES string of the molecule is O=C(Cc1csc(CN2CCCC2)n1)N1CCOCC1. The molecule has 1 aromatic heterocycles. The third-order valence-corrected chi connectivity index (χ3v) is 4.74. The van der Waals surface area contributed by atoms with E-state index in [1.54, 1.807) is 11.3 Å². The van der Waals surface area contributed by atoms with Gasteiger partial charge in [0.05, 0.1) is 31.9 Å². The number of carbonyl (C=O) groups excluding carboxylic acids is 1. The molecule has 0 radical (unpaired) electrons. The maximum absolute atomic E-state index is 12.1. The van der Waals surface area contributed by atoms with Crippen molar-refractivity contribution in [2.24, 2.45) is 0 Å². The van der Waals surface area contributed by atoms with E-state index in [0.29, 0.717) is 32.7 Å². The molecule has 2 fully saturated rings. The lowest BCUT2D eigenvalue weighted by atomic mass is 10.3. The number of morpholine rings is 1. The molecule has 0 saturated carbocycles. The molecule has 20 heavy (non-hydrogen) atoms. The molecule has 110 valence electrons. The molecule has 0 N–H and O–H groups in total. The van der Waals surface area contributed by atoms with Gasteiger partial charge in [0.2, 0.25) is 5.91 Å². The zero-order valence-corrected chi connectivity index (χ0v) is 12.5. The van der Waals surface area contributed by atoms with Gasteiger partial charge in [0.25, 0.3) is 0 Å². The van der Waals surface area contributed by atoms with Crippen molar-refractivity contribution in [3.63, 3.8) is 0 Å². The van der Waals surface area contributed by atoms with E-state index in [4.69, 9.17) is 4.74 Å². The quantitative estimate of drug-likeness (QED) is 0.836. The summed E-state index contributed by atoms with van der Waals surface area (Å²) in [6, 6.07) is 0. The molecule has 0 unspecified atom stereocenters. The van der Waals surface area contributed by atoms with Crippen LogP contribution in [0.4, 0.5) is 0 Å². The minimum atomic E-state index is 0.173. The van der Waals surface area contributed by atoms with Gasteiger partial charge in [-0.05, 0) is 25.9 Å². The van der Waals surface area contributed by atoms with Gasteiger partial charge < -0.3 is 9.64 Å². The minimum Gasteiger partial charge on any atom is -0.378 e. The Balaban J connectivity index is 1.52. The Bertz CT molecular complexity index is 451. The fourth-order valence-electron chi connectivity index (χ4n) is 2.71. The molecule has 5 nitrogen and oxygen atoms in total.